The van der Waals surface area contributed by atoms with Gasteiger partial charge in [-0.15, -0.1) is 11.3 Å². The van der Waals surface area contributed by atoms with Crippen molar-refractivity contribution in [3.63, 3.8) is 0 Å². The van der Waals surface area contributed by atoms with Crippen LogP contribution in [0.4, 0.5) is 5.82 Å². The molecule has 0 atom stereocenters. The summed E-state index contributed by atoms with van der Waals surface area (Å²) in [5.74, 6) is -0.125. The zero-order valence-electron chi connectivity index (χ0n) is 13.2. The number of carbonyl (C=O) groups is 1. The normalized spacial score (nSPS) is 14.8. The molecule has 0 aromatic carbocycles. The van der Waals surface area contributed by atoms with Crippen LogP contribution in [0.1, 0.15) is 18.4 Å². The standard InChI is InChI=1S/C16H16N4O3S/c1-9-6-10(19-4-2-3-5-19)18-15-12(9)13-14(24-15)16(23)20(8-17-13)7-11(21)22/h6,8H,2-5,7H2,1H3,(H,21,22). The minimum Gasteiger partial charge on any atom is -0.480 e. The van der Waals surface area contributed by atoms with E-state index >= 15 is 0 Å². The maximum atomic E-state index is 12.5. The van der Waals surface area contributed by atoms with Gasteiger partial charge >= 0.3 is 5.97 Å². The van der Waals surface area contributed by atoms with Crippen molar-refractivity contribution in [1.82, 2.24) is 14.5 Å². The molecule has 0 radical (unpaired) electrons. The number of aromatic nitrogens is 3. The van der Waals surface area contributed by atoms with Crippen molar-refractivity contribution in [2.45, 2.75) is 26.3 Å². The molecular weight excluding hydrogens is 328 g/mol. The molecule has 124 valence electrons. The predicted molar refractivity (Wildman–Crippen MR) is 93.0 cm³/mol. The van der Waals surface area contributed by atoms with E-state index in [0.717, 1.165) is 39.3 Å². The highest BCUT2D eigenvalue weighted by Crippen LogP contribution is 2.34. The molecule has 1 fully saturated rings. The second kappa shape index (κ2) is 5.55. The molecule has 4 rings (SSSR count). The molecule has 0 aliphatic carbocycles. The lowest BCUT2D eigenvalue weighted by atomic mass is 10.2. The molecule has 0 saturated carbocycles. The van der Waals surface area contributed by atoms with Gasteiger partial charge in [-0.3, -0.25) is 14.2 Å². The Kier molecular flexibility index (Phi) is 3.49. The predicted octanol–water partition coefficient (Wildman–Crippen LogP) is 2.00. The molecule has 1 saturated heterocycles. The number of anilines is 1. The fourth-order valence-electron chi connectivity index (χ4n) is 3.19. The van der Waals surface area contributed by atoms with E-state index in [4.69, 9.17) is 10.1 Å². The summed E-state index contributed by atoms with van der Waals surface area (Å²) >= 11 is 1.29. The molecule has 1 aliphatic heterocycles. The highest BCUT2D eigenvalue weighted by molar-refractivity contribution is 7.25. The molecule has 24 heavy (non-hydrogen) atoms. The van der Waals surface area contributed by atoms with Crippen LogP contribution >= 0.6 is 11.3 Å². The Morgan fingerprint density at radius 3 is 2.83 bits per heavy atom. The summed E-state index contributed by atoms with van der Waals surface area (Å²) in [7, 11) is 0. The van der Waals surface area contributed by atoms with Gasteiger partial charge in [-0.25, -0.2) is 9.97 Å². The molecule has 0 bridgehead atoms. The largest absolute Gasteiger partial charge is 0.480 e. The number of thiophene rings is 1. The van der Waals surface area contributed by atoms with E-state index in [9.17, 15) is 9.59 Å². The summed E-state index contributed by atoms with van der Waals surface area (Å²) in [6, 6.07) is 2.05. The third kappa shape index (κ3) is 2.34. The minimum absolute atomic E-state index is 0.326. The molecule has 8 heteroatoms. The van der Waals surface area contributed by atoms with Gasteiger partial charge in [0, 0.05) is 18.5 Å². The molecule has 0 spiro atoms. The Morgan fingerprint density at radius 1 is 1.38 bits per heavy atom. The topological polar surface area (TPSA) is 88.3 Å². The summed E-state index contributed by atoms with van der Waals surface area (Å²) < 4.78 is 1.58. The van der Waals surface area contributed by atoms with Crippen LogP contribution in [-0.4, -0.2) is 38.7 Å². The van der Waals surface area contributed by atoms with Crippen molar-refractivity contribution in [3.05, 3.63) is 28.3 Å². The van der Waals surface area contributed by atoms with Crippen LogP contribution in [0.5, 0.6) is 0 Å². The molecule has 7 nitrogen and oxygen atoms in total. The van der Waals surface area contributed by atoms with Crippen molar-refractivity contribution in [1.29, 1.82) is 0 Å². The SMILES string of the molecule is Cc1cc(N2CCCC2)nc2sc3c(=O)n(CC(=O)O)cnc3c12. The van der Waals surface area contributed by atoms with Gasteiger partial charge in [0.1, 0.15) is 21.9 Å². The number of aryl methyl sites for hydroxylation is 1. The minimum atomic E-state index is -1.06. The number of hydrogen-bond acceptors (Lipinski definition) is 6. The van der Waals surface area contributed by atoms with Crippen molar-refractivity contribution in [2.24, 2.45) is 0 Å². The van der Waals surface area contributed by atoms with Gasteiger partial charge in [-0.05, 0) is 31.4 Å². The lowest BCUT2D eigenvalue weighted by molar-refractivity contribution is -0.137. The number of carboxylic acids is 1. The van der Waals surface area contributed by atoms with Crippen molar-refractivity contribution < 1.29 is 9.90 Å². The molecule has 1 aliphatic rings. The zero-order chi connectivity index (χ0) is 16.8. The number of nitrogens with zero attached hydrogens (tertiary/aromatic N) is 4. The fourth-order valence-corrected chi connectivity index (χ4v) is 4.34. The smallest absolute Gasteiger partial charge is 0.323 e. The number of aliphatic carboxylic acids is 1. The van der Waals surface area contributed by atoms with Crippen LogP contribution in [0.25, 0.3) is 20.4 Å². The van der Waals surface area contributed by atoms with Gasteiger partial charge < -0.3 is 10.0 Å². The summed E-state index contributed by atoms with van der Waals surface area (Å²) in [6.07, 6.45) is 3.65. The zero-order valence-corrected chi connectivity index (χ0v) is 14.0. The van der Waals surface area contributed by atoms with Crippen molar-refractivity contribution in [3.8, 4) is 0 Å². The van der Waals surface area contributed by atoms with Gasteiger partial charge in [0.25, 0.3) is 5.56 Å². The van der Waals surface area contributed by atoms with Gasteiger partial charge in [0.15, 0.2) is 0 Å². The number of carboxylic acid groups (broad SMARTS) is 1. The summed E-state index contributed by atoms with van der Waals surface area (Å²) in [5.41, 5.74) is 1.32. The van der Waals surface area contributed by atoms with E-state index in [1.165, 1.54) is 30.5 Å². The van der Waals surface area contributed by atoms with Crippen LogP contribution in [0.3, 0.4) is 0 Å². The summed E-state index contributed by atoms with van der Waals surface area (Å²) in [5, 5.41) is 9.79. The maximum absolute atomic E-state index is 12.5. The van der Waals surface area contributed by atoms with Crippen molar-refractivity contribution >= 4 is 43.6 Å². The second-order valence-electron chi connectivity index (χ2n) is 6.02. The van der Waals surface area contributed by atoms with Gasteiger partial charge in [0.05, 0.1) is 11.8 Å². The number of pyridine rings is 1. The Morgan fingerprint density at radius 2 is 2.12 bits per heavy atom. The van der Waals surface area contributed by atoms with Gasteiger partial charge in [0.2, 0.25) is 0 Å². The first-order chi connectivity index (χ1) is 11.5. The van der Waals surface area contributed by atoms with E-state index in [2.05, 4.69) is 9.88 Å². The maximum Gasteiger partial charge on any atom is 0.323 e. The lowest BCUT2D eigenvalue weighted by Crippen LogP contribution is -2.23. The lowest BCUT2D eigenvalue weighted by Gasteiger charge is -2.16. The average Bonchev–Trinajstić information content (AvgIpc) is 3.17. The van der Waals surface area contributed by atoms with Crippen LogP contribution in [0.2, 0.25) is 0 Å². The van der Waals surface area contributed by atoms with E-state index in [-0.39, 0.29) is 12.1 Å². The first kappa shape index (κ1) is 15.1. The van der Waals surface area contributed by atoms with Crippen LogP contribution in [0.15, 0.2) is 17.2 Å². The Bertz CT molecular complexity index is 1020. The Hall–Kier alpha value is -2.48. The van der Waals surface area contributed by atoms with E-state index in [1.54, 1.807) is 0 Å². The summed E-state index contributed by atoms with van der Waals surface area (Å²) in [4.78, 5) is 35.5. The molecule has 3 aromatic rings. The molecule has 0 unspecified atom stereocenters. The molecular formula is C16H16N4O3S. The molecule has 3 aromatic heterocycles. The molecule has 4 heterocycles. The number of rotatable bonds is 3. The fraction of sp³-hybridized carbons (Fsp3) is 0.375. The first-order valence-corrected chi connectivity index (χ1v) is 8.62. The average molecular weight is 344 g/mol. The third-order valence-electron chi connectivity index (χ3n) is 4.34. The second-order valence-corrected chi connectivity index (χ2v) is 7.02. The quantitative estimate of drug-likeness (QED) is 0.782. The van der Waals surface area contributed by atoms with E-state index in [1.807, 2.05) is 13.0 Å². The van der Waals surface area contributed by atoms with Crippen molar-refractivity contribution in [2.75, 3.05) is 18.0 Å². The van der Waals surface area contributed by atoms with Gasteiger partial charge in [-0.1, -0.05) is 0 Å². The van der Waals surface area contributed by atoms with Crippen LogP contribution < -0.4 is 10.5 Å². The monoisotopic (exact) mass is 344 g/mol. The summed E-state index contributed by atoms with van der Waals surface area (Å²) in [6.45, 7) is 3.63. The van der Waals surface area contributed by atoms with Crippen LogP contribution in [0, 0.1) is 6.92 Å². The van der Waals surface area contributed by atoms with Crippen LogP contribution in [-0.2, 0) is 11.3 Å². The highest BCUT2D eigenvalue weighted by Gasteiger charge is 2.19. The third-order valence-corrected chi connectivity index (χ3v) is 5.40. The van der Waals surface area contributed by atoms with Gasteiger partial charge in [-0.2, -0.15) is 0 Å². The number of fused-ring (bicyclic) bond motifs is 3. The number of hydrogen-bond donors (Lipinski definition) is 1. The first-order valence-electron chi connectivity index (χ1n) is 7.80. The van der Waals surface area contributed by atoms with E-state index in [0.29, 0.717) is 10.2 Å². The molecule has 1 N–H and O–H groups in total. The Balaban J connectivity index is 1.93. The highest BCUT2D eigenvalue weighted by atomic mass is 32.1. The molecule has 0 amide bonds. The van der Waals surface area contributed by atoms with E-state index < -0.39 is 5.97 Å². The Labute approximate surface area is 141 Å².